The van der Waals surface area contributed by atoms with Crippen molar-refractivity contribution in [2.45, 2.75) is 45.1 Å². The molecule has 0 amide bonds. The lowest BCUT2D eigenvalue weighted by Gasteiger charge is -2.14. The first kappa shape index (κ1) is 25.8. The topological polar surface area (TPSA) is 61.8 Å². The van der Waals surface area contributed by atoms with Crippen molar-refractivity contribution in [2.24, 2.45) is 0 Å². The summed E-state index contributed by atoms with van der Waals surface area (Å²) in [5.74, 6) is 0.430. The third kappa shape index (κ3) is 8.45. The molecule has 5 heteroatoms. The summed E-state index contributed by atoms with van der Waals surface area (Å²) in [5.41, 5.74) is 2.64. The van der Waals surface area contributed by atoms with Crippen LogP contribution in [0.1, 0.15) is 49.4 Å². The maximum absolute atomic E-state index is 12.5. The Morgan fingerprint density at radius 3 is 2.14 bits per heavy atom. The van der Waals surface area contributed by atoms with Gasteiger partial charge in [-0.15, -0.1) is 0 Å². The summed E-state index contributed by atoms with van der Waals surface area (Å²) in [6, 6.07) is 24.5. The van der Waals surface area contributed by atoms with Crippen molar-refractivity contribution in [1.82, 2.24) is 0 Å². The monoisotopic (exact) mass is 472 g/mol. The van der Waals surface area contributed by atoms with Gasteiger partial charge in [0.15, 0.2) is 0 Å². The molecule has 0 spiro atoms. The first-order chi connectivity index (χ1) is 17.1. The summed E-state index contributed by atoms with van der Waals surface area (Å²) in [5, 5.41) is 0. The summed E-state index contributed by atoms with van der Waals surface area (Å²) in [7, 11) is 0. The highest BCUT2D eigenvalue weighted by atomic mass is 16.5. The first-order valence-corrected chi connectivity index (χ1v) is 12.0. The summed E-state index contributed by atoms with van der Waals surface area (Å²) in [6.45, 7) is 6.02. The molecule has 0 saturated carbocycles. The van der Waals surface area contributed by atoms with Gasteiger partial charge >= 0.3 is 11.9 Å². The van der Waals surface area contributed by atoms with Gasteiger partial charge in [0.05, 0.1) is 12.2 Å². The van der Waals surface area contributed by atoms with Crippen molar-refractivity contribution in [2.75, 3.05) is 6.61 Å². The minimum absolute atomic E-state index is 0.0597. The molecule has 3 rings (SSSR count). The van der Waals surface area contributed by atoms with Crippen LogP contribution in [0.2, 0.25) is 0 Å². The third-order valence-corrected chi connectivity index (χ3v) is 5.61. The second-order valence-corrected chi connectivity index (χ2v) is 8.17. The van der Waals surface area contributed by atoms with Gasteiger partial charge in [0, 0.05) is 6.08 Å². The van der Waals surface area contributed by atoms with Crippen LogP contribution in [0.3, 0.4) is 0 Å². The third-order valence-electron chi connectivity index (χ3n) is 5.61. The highest BCUT2D eigenvalue weighted by Gasteiger charge is 2.11. The number of benzene rings is 3. The van der Waals surface area contributed by atoms with E-state index in [1.54, 1.807) is 36.4 Å². The van der Waals surface area contributed by atoms with E-state index in [2.05, 4.69) is 6.58 Å². The van der Waals surface area contributed by atoms with Crippen LogP contribution in [0.15, 0.2) is 91.5 Å². The van der Waals surface area contributed by atoms with Crippen molar-refractivity contribution in [1.29, 1.82) is 0 Å². The Morgan fingerprint density at radius 1 is 0.829 bits per heavy atom. The maximum atomic E-state index is 12.5. The Bertz CT molecular complexity index is 1070. The average Bonchev–Trinajstić information content (AvgIpc) is 2.91. The van der Waals surface area contributed by atoms with Crippen molar-refractivity contribution in [3.63, 3.8) is 0 Å². The molecule has 1 atom stereocenters. The van der Waals surface area contributed by atoms with E-state index in [-0.39, 0.29) is 12.1 Å². The molecule has 0 aliphatic rings. The minimum Gasteiger partial charge on any atom is -0.494 e. The molecule has 0 aliphatic carbocycles. The zero-order chi connectivity index (χ0) is 24.9. The SMILES string of the molecule is C=CC(=O)OC(CC)CCCCCOc1ccc(C(=O)Oc2ccc(-c3ccccc3)cc2)cc1. The predicted molar refractivity (Wildman–Crippen MR) is 138 cm³/mol. The van der Waals surface area contributed by atoms with Crippen molar-refractivity contribution in [3.05, 3.63) is 97.1 Å². The normalized spacial score (nSPS) is 11.3. The van der Waals surface area contributed by atoms with Gasteiger partial charge < -0.3 is 14.2 Å². The molecule has 0 bridgehead atoms. The van der Waals surface area contributed by atoms with Crippen LogP contribution in [-0.2, 0) is 9.53 Å². The smallest absolute Gasteiger partial charge is 0.343 e. The average molecular weight is 473 g/mol. The second kappa shape index (κ2) is 13.8. The minimum atomic E-state index is -0.411. The zero-order valence-corrected chi connectivity index (χ0v) is 20.2. The molecule has 0 aromatic heterocycles. The molecular formula is C30H32O5. The fourth-order valence-electron chi connectivity index (χ4n) is 3.60. The van der Waals surface area contributed by atoms with Crippen LogP contribution in [0, 0.1) is 0 Å². The van der Waals surface area contributed by atoms with Gasteiger partial charge in [-0.3, -0.25) is 0 Å². The van der Waals surface area contributed by atoms with Gasteiger partial charge in [-0.2, -0.15) is 0 Å². The number of hydrogen-bond donors (Lipinski definition) is 0. The Hall–Kier alpha value is -3.86. The van der Waals surface area contributed by atoms with E-state index in [0.717, 1.165) is 43.2 Å². The largest absolute Gasteiger partial charge is 0.494 e. The molecule has 0 heterocycles. The number of carbonyl (C=O) groups is 2. The van der Waals surface area contributed by atoms with Crippen LogP contribution in [-0.4, -0.2) is 24.6 Å². The zero-order valence-electron chi connectivity index (χ0n) is 20.2. The van der Waals surface area contributed by atoms with Gasteiger partial charge in [0.2, 0.25) is 0 Å². The van der Waals surface area contributed by atoms with Gasteiger partial charge in [-0.1, -0.05) is 56.0 Å². The van der Waals surface area contributed by atoms with Gasteiger partial charge in [0.1, 0.15) is 17.6 Å². The number of ether oxygens (including phenoxy) is 3. The number of esters is 2. The summed E-state index contributed by atoms with van der Waals surface area (Å²) >= 11 is 0. The lowest BCUT2D eigenvalue weighted by atomic mass is 10.1. The van der Waals surface area contributed by atoms with E-state index < -0.39 is 5.97 Å². The van der Waals surface area contributed by atoms with Crippen LogP contribution >= 0.6 is 0 Å². The van der Waals surface area contributed by atoms with Gasteiger partial charge in [-0.25, -0.2) is 9.59 Å². The number of rotatable bonds is 13. The van der Waals surface area contributed by atoms with Crippen LogP contribution < -0.4 is 9.47 Å². The van der Waals surface area contributed by atoms with E-state index >= 15 is 0 Å². The molecule has 0 aliphatic heterocycles. The Labute approximate surface area is 207 Å². The summed E-state index contributed by atoms with van der Waals surface area (Å²) in [4.78, 5) is 23.8. The van der Waals surface area contributed by atoms with E-state index in [0.29, 0.717) is 23.7 Å². The van der Waals surface area contributed by atoms with E-state index in [1.807, 2.05) is 49.4 Å². The molecule has 0 radical (unpaired) electrons. The fourth-order valence-corrected chi connectivity index (χ4v) is 3.60. The van der Waals surface area contributed by atoms with Crippen molar-refractivity contribution < 1.29 is 23.8 Å². The Kier molecular flexibility index (Phi) is 10.1. The lowest BCUT2D eigenvalue weighted by molar-refractivity contribution is -0.143. The fraction of sp³-hybridized carbons (Fsp3) is 0.267. The van der Waals surface area contributed by atoms with Crippen molar-refractivity contribution in [3.8, 4) is 22.6 Å². The number of hydrogen-bond acceptors (Lipinski definition) is 5. The summed E-state index contributed by atoms with van der Waals surface area (Å²) < 4.78 is 16.6. The Morgan fingerprint density at radius 2 is 1.49 bits per heavy atom. The molecule has 3 aromatic rings. The molecule has 35 heavy (non-hydrogen) atoms. The van der Waals surface area contributed by atoms with Crippen LogP contribution in [0.4, 0.5) is 0 Å². The number of unbranched alkanes of at least 4 members (excludes halogenated alkanes) is 2. The molecule has 3 aromatic carbocycles. The van der Waals surface area contributed by atoms with Gasteiger partial charge in [-0.05, 0) is 79.6 Å². The lowest BCUT2D eigenvalue weighted by Crippen LogP contribution is -2.15. The Balaban J connectivity index is 1.38. The van der Waals surface area contributed by atoms with E-state index in [4.69, 9.17) is 14.2 Å². The maximum Gasteiger partial charge on any atom is 0.343 e. The molecule has 1 unspecified atom stereocenters. The molecule has 0 fully saturated rings. The van der Waals surface area contributed by atoms with E-state index in [9.17, 15) is 9.59 Å². The first-order valence-electron chi connectivity index (χ1n) is 12.0. The standard InChI is InChI=1S/C30H32O5/c1-3-26(34-29(31)4-2)13-9-6-10-22-33-27-18-16-25(17-19-27)30(32)35-28-20-14-24(15-21-28)23-11-7-5-8-12-23/h4-5,7-8,11-12,14-21,26H,2-3,6,9-10,13,22H2,1H3. The summed E-state index contributed by atoms with van der Waals surface area (Å²) in [6.07, 6.45) is 5.61. The second-order valence-electron chi connectivity index (χ2n) is 8.17. The highest BCUT2D eigenvalue weighted by Crippen LogP contribution is 2.23. The van der Waals surface area contributed by atoms with Gasteiger partial charge in [0.25, 0.3) is 0 Å². The predicted octanol–water partition coefficient (Wildman–Crippen LogP) is 7.02. The van der Waals surface area contributed by atoms with Crippen LogP contribution in [0.5, 0.6) is 11.5 Å². The highest BCUT2D eigenvalue weighted by molar-refractivity contribution is 5.91. The van der Waals surface area contributed by atoms with E-state index in [1.165, 1.54) is 6.08 Å². The number of carbonyl (C=O) groups excluding carboxylic acids is 2. The molecule has 182 valence electrons. The molecule has 0 N–H and O–H groups in total. The van der Waals surface area contributed by atoms with Crippen LogP contribution in [0.25, 0.3) is 11.1 Å². The molecule has 5 nitrogen and oxygen atoms in total. The molecule has 0 saturated heterocycles. The molecular weight excluding hydrogens is 440 g/mol. The quantitative estimate of drug-likeness (QED) is 0.116. The van der Waals surface area contributed by atoms with Crippen molar-refractivity contribution >= 4 is 11.9 Å².